The average Bonchev–Trinajstić information content (AvgIpc) is 3.17. The van der Waals surface area contributed by atoms with Gasteiger partial charge in [0, 0.05) is 19.3 Å². The van der Waals surface area contributed by atoms with Gasteiger partial charge >= 0.3 is 0 Å². The lowest BCUT2D eigenvalue weighted by atomic mass is 10.1. The first-order valence-corrected chi connectivity index (χ1v) is 6.30. The zero-order valence-corrected chi connectivity index (χ0v) is 10.3. The molecule has 0 radical (unpaired) electrons. The highest BCUT2D eigenvalue weighted by Gasteiger charge is 2.44. The average molecular weight is 248 g/mol. The van der Waals surface area contributed by atoms with Crippen molar-refractivity contribution >= 4 is 5.91 Å². The third-order valence-electron chi connectivity index (χ3n) is 3.33. The number of hydrogen-bond donors (Lipinski definition) is 0. The lowest BCUT2D eigenvalue weighted by molar-refractivity contribution is 0.0735. The fourth-order valence-corrected chi connectivity index (χ4v) is 2.33. The Morgan fingerprint density at radius 1 is 1.56 bits per heavy atom. The van der Waals surface area contributed by atoms with Crippen molar-refractivity contribution in [1.29, 1.82) is 0 Å². The first kappa shape index (κ1) is 11.5. The molecule has 0 N–H and O–H groups in total. The Hall–Kier alpha value is -1.62. The maximum atomic E-state index is 12.3. The van der Waals surface area contributed by atoms with Crippen LogP contribution in [0, 0.1) is 0 Å². The van der Waals surface area contributed by atoms with Crippen LogP contribution in [0.15, 0.2) is 18.5 Å². The highest BCUT2D eigenvalue weighted by Crippen LogP contribution is 2.31. The van der Waals surface area contributed by atoms with Crippen molar-refractivity contribution in [2.24, 2.45) is 0 Å². The molecule has 2 aliphatic heterocycles. The lowest BCUT2D eigenvalue weighted by Gasteiger charge is -2.24. The zero-order chi connectivity index (χ0) is 12.5. The largest absolute Gasteiger partial charge is 0.492 e. The van der Waals surface area contributed by atoms with Gasteiger partial charge in [-0.2, -0.15) is 0 Å². The molecule has 0 aliphatic carbocycles. The summed E-state index contributed by atoms with van der Waals surface area (Å²) >= 11 is 0. The SMILES string of the molecule is CCOc1cncc(C(=O)N2CC[C@H]3O[C@H]3C2)c1. The zero-order valence-electron chi connectivity index (χ0n) is 10.3. The number of fused-ring (bicyclic) bond motifs is 1. The van der Waals surface area contributed by atoms with E-state index in [1.54, 1.807) is 18.5 Å². The fourth-order valence-electron chi connectivity index (χ4n) is 2.33. The van der Waals surface area contributed by atoms with E-state index in [4.69, 9.17) is 9.47 Å². The molecule has 1 aromatic heterocycles. The molecule has 18 heavy (non-hydrogen) atoms. The van der Waals surface area contributed by atoms with Crippen molar-refractivity contribution in [3.63, 3.8) is 0 Å². The lowest BCUT2D eigenvalue weighted by Crippen LogP contribution is -2.39. The van der Waals surface area contributed by atoms with E-state index in [1.807, 2.05) is 11.8 Å². The topological polar surface area (TPSA) is 55.0 Å². The van der Waals surface area contributed by atoms with Gasteiger partial charge in [0.05, 0.1) is 24.5 Å². The number of hydrogen-bond acceptors (Lipinski definition) is 4. The van der Waals surface area contributed by atoms with Gasteiger partial charge in [0.25, 0.3) is 5.91 Å². The maximum absolute atomic E-state index is 12.3. The van der Waals surface area contributed by atoms with Crippen LogP contribution < -0.4 is 4.74 Å². The molecule has 2 saturated heterocycles. The van der Waals surface area contributed by atoms with Crippen LogP contribution in [0.2, 0.25) is 0 Å². The first-order valence-electron chi connectivity index (χ1n) is 6.30. The van der Waals surface area contributed by atoms with Crippen LogP contribution in [0.3, 0.4) is 0 Å². The standard InChI is InChI=1S/C13H16N2O3/c1-2-17-10-5-9(6-14-7-10)13(16)15-4-3-11-12(8-15)18-11/h5-7,11-12H,2-4,8H2,1H3/t11-,12+/m1/s1. The summed E-state index contributed by atoms with van der Waals surface area (Å²) in [5, 5.41) is 0. The maximum Gasteiger partial charge on any atom is 0.255 e. The Labute approximate surface area is 106 Å². The van der Waals surface area contributed by atoms with E-state index in [0.29, 0.717) is 30.6 Å². The smallest absolute Gasteiger partial charge is 0.255 e. The van der Waals surface area contributed by atoms with Gasteiger partial charge in [0.1, 0.15) is 11.9 Å². The number of carbonyl (C=O) groups is 1. The Morgan fingerprint density at radius 3 is 3.22 bits per heavy atom. The van der Waals surface area contributed by atoms with E-state index < -0.39 is 0 Å². The van der Waals surface area contributed by atoms with Gasteiger partial charge in [0.2, 0.25) is 0 Å². The molecule has 0 saturated carbocycles. The van der Waals surface area contributed by atoms with E-state index in [2.05, 4.69) is 4.98 Å². The van der Waals surface area contributed by atoms with E-state index in [-0.39, 0.29) is 12.0 Å². The van der Waals surface area contributed by atoms with Crippen molar-refractivity contribution in [2.75, 3.05) is 19.7 Å². The molecule has 0 unspecified atom stereocenters. The van der Waals surface area contributed by atoms with Crippen LogP contribution in [0.4, 0.5) is 0 Å². The normalized spacial score (nSPS) is 25.5. The number of epoxide rings is 1. The summed E-state index contributed by atoms with van der Waals surface area (Å²) in [7, 11) is 0. The molecule has 0 aromatic carbocycles. The van der Waals surface area contributed by atoms with Crippen LogP contribution in [-0.4, -0.2) is 47.7 Å². The van der Waals surface area contributed by atoms with Crippen molar-refractivity contribution in [1.82, 2.24) is 9.88 Å². The predicted octanol–water partition coefficient (Wildman–Crippen LogP) is 1.09. The summed E-state index contributed by atoms with van der Waals surface area (Å²) in [6.07, 6.45) is 4.79. The number of aromatic nitrogens is 1. The Kier molecular flexibility index (Phi) is 2.91. The van der Waals surface area contributed by atoms with Crippen molar-refractivity contribution in [3.8, 4) is 5.75 Å². The molecule has 0 spiro atoms. The first-order chi connectivity index (χ1) is 8.78. The number of carbonyl (C=O) groups excluding carboxylic acids is 1. The summed E-state index contributed by atoms with van der Waals surface area (Å²) in [6, 6.07) is 1.75. The highest BCUT2D eigenvalue weighted by molar-refractivity contribution is 5.94. The molecule has 3 rings (SSSR count). The molecule has 1 aromatic rings. The van der Waals surface area contributed by atoms with Crippen molar-refractivity contribution < 1.29 is 14.3 Å². The van der Waals surface area contributed by atoms with Crippen LogP contribution in [0.25, 0.3) is 0 Å². The number of piperidine rings is 1. The third kappa shape index (κ3) is 2.18. The van der Waals surface area contributed by atoms with E-state index >= 15 is 0 Å². The van der Waals surface area contributed by atoms with Crippen LogP contribution in [0.1, 0.15) is 23.7 Å². The molecule has 1 amide bonds. The second-order valence-electron chi connectivity index (χ2n) is 4.60. The van der Waals surface area contributed by atoms with E-state index in [0.717, 1.165) is 13.0 Å². The summed E-state index contributed by atoms with van der Waals surface area (Å²) in [6.45, 7) is 3.94. The molecule has 2 fully saturated rings. The molecule has 0 bridgehead atoms. The number of likely N-dealkylation sites (tertiary alicyclic amines) is 1. The summed E-state index contributed by atoms with van der Waals surface area (Å²) in [5.41, 5.74) is 0.583. The molecule has 96 valence electrons. The van der Waals surface area contributed by atoms with Crippen molar-refractivity contribution in [3.05, 3.63) is 24.0 Å². The molecular weight excluding hydrogens is 232 g/mol. The third-order valence-corrected chi connectivity index (χ3v) is 3.33. The van der Waals surface area contributed by atoms with Gasteiger partial charge in [-0.25, -0.2) is 0 Å². The minimum absolute atomic E-state index is 0.0120. The second kappa shape index (κ2) is 4.57. The number of pyridine rings is 1. The van der Waals surface area contributed by atoms with Crippen LogP contribution in [0.5, 0.6) is 5.75 Å². The molecule has 5 nitrogen and oxygen atoms in total. The van der Waals surface area contributed by atoms with Gasteiger partial charge in [-0.1, -0.05) is 0 Å². The molecule has 2 atom stereocenters. The quantitative estimate of drug-likeness (QED) is 0.751. The number of nitrogens with zero attached hydrogens (tertiary/aromatic N) is 2. The molecule has 5 heteroatoms. The van der Waals surface area contributed by atoms with E-state index in [1.165, 1.54) is 0 Å². The fraction of sp³-hybridized carbons (Fsp3) is 0.538. The van der Waals surface area contributed by atoms with Gasteiger partial charge < -0.3 is 14.4 Å². The van der Waals surface area contributed by atoms with Crippen LogP contribution in [-0.2, 0) is 4.74 Å². The summed E-state index contributed by atoms with van der Waals surface area (Å²) in [4.78, 5) is 18.2. The molecule has 2 aliphatic rings. The second-order valence-corrected chi connectivity index (χ2v) is 4.60. The molecular formula is C13H16N2O3. The summed E-state index contributed by atoms with van der Waals surface area (Å²) < 4.78 is 10.8. The van der Waals surface area contributed by atoms with Gasteiger partial charge in [0.15, 0.2) is 0 Å². The number of rotatable bonds is 3. The van der Waals surface area contributed by atoms with Crippen molar-refractivity contribution in [2.45, 2.75) is 25.6 Å². The minimum atomic E-state index is 0.0120. The van der Waals surface area contributed by atoms with E-state index in [9.17, 15) is 4.79 Å². The van der Waals surface area contributed by atoms with Gasteiger partial charge in [-0.15, -0.1) is 0 Å². The summed E-state index contributed by atoms with van der Waals surface area (Å²) in [5.74, 6) is 0.652. The number of amides is 1. The van der Waals surface area contributed by atoms with Gasteiger partial charge in [-0.3, -0.25) is 9.78 Å². The Morgan fingerprint density at radius 2 is 2.44 bits per heavy atom. The Balaban J connectivity index is 1.72. The Bertz CT molecular complexity index is 463. The van der Waals surface area contributed by atoms with Crippen LogP contribution >= 0.6 is 0 Å². The highest BCUT2D eigenvalue weighted by atomic mass is 16.6. The molecule has 3 heterocycles. The minimum Gasteiger partial charge on any atom is -0.492 e. The monoisotopic (exact) mass is 248 g/mol. The number of ether oxygens (including phenoxy) is 2. The predicted molar refractivity (Wildman–Crippen MR) is 64.6 cm³/mol. The van der Waals surface area contributed by atoms with Gasteiger partial charge in [-0.05, 0) is 19.4 Å².